The lowest BCUT2D eigenvalue weighted by Crippen LogP contribution is -2.10. The van der Waals surface area contributed by atoms with E-state index in [1.807, 2.05) is 6.92 Å². The molecule has 0 aromatic heterocycles. The fourth-order valence-electron chi connectivity index (χ4n) is 1.42. The van der Waals surface area contributed by atoms with Gasteiger partial charge in [-0.25, -0.2) is 0 Å². The average Bonchev–Trinajstić information content (AvgIpc) is 2.42. The van der Waals surface area contributed by atoms with Crippen molar-refractivity contribution in [3.05, 3.63) is 27.2 Å². The Bertz CT molecular complexity index is 517. The minimum Gasteiger partial charge on any atom is -0.466 e. The number of hydrogen-bond donors (Lipinski definition) is 0. The second-order valence-electron chi connectivity index (χ2n) is 4.24. The first kappa shape index (κ1) is 18.1. The summed E-state index contributed by atoms with van der Waals surface area (Å²) in [5, 5.41) is 0.715. The summed E-state index contributed by atoms with van der Waals surface area (Å²) < 4.78 is 9.97. The first-order chi connectivity index (χ1) is 9.93. The number of rotatable bonds is 7. The van der Waals surface area contributed by atoms with Crippen molar-refractivity contribution in [1.82, 2.24) is 0 Å². The van der Waals surface area contributed by atoms with Gasteiger partial charge in [0, 0.05) is 18.9 Å². The smallest absolute Gasteiger partial charge is 0.311 e. The summed E-state index contributed by atoms with van der Waals surface area (Å²) in [5.74, 6) is -0.680. The highest BCUT2D eigenvalue weighted by Crippen LogP contribution is 2.34. The van der Waals surface area contributed by atoms with Crippen molar-refractivity contribution in [2.75, 3.05) is 6.61 Å². The third-order valence-electron chi connectivity index (χ3n) is 2.43. The molecular weight excluding hydrogens is 339 g/mol. The van der Waals surface area contributed by atoms with Crippen LogP contribution in [-0.2, 0) is 14.3 Å². The van der Waals surface area contributed by atoms with Gasteiger partial charge in [-0.05, 0) is 18.9 Å². The number of ether oxygens (including phenoxy) is 2. The molecule has 1 aromatic rings. The molecule has 0 fully saturated rings. The van der Waals surface area contributed by atoms with E-state index in [1.165, 1.54) is 12.1 Å². The van der Waals surface area contributed by atoms with Gasteiger partial charge in [0.1, 0.15) is 0 Å². The SMILES string of the molecule is CCCOC(=O)CCCC(=O)Oc1cc(Cl)c(Cl)cc1Cl. The molecule has 116 valence electrons. The zero-order valence-corrected chi connectivity index (χ0v) is 13.7. The van der Waals surface area contributed by atoms with Crippen LogP contribution in [0, 0.1) is 0 Å². The minimum absolute atomic E-state index is 0.0812. The minimum atomic E-state index is -0.501. The second kappa shape index (κ2) is 9.13. The largest absolute Gasteiger partial charge is 0.466 e. The van der Waals surface area contributed by atoms with E-state index in [9.17, 15) is 9.59 Å². The molecule has 0 N–H and O–H groups in total. The van der Waals surface area contributed by atoms with Gasteiger partial charge in [-0.2, -0.15) is 0 Å². The topological polar surface area (TPSA) is 52.6 Å². The Morgan fingerprint density at radius 2 is 1.62 bits per heavy atom. The summed E-state index contributed by atoms with van der Waals surface area (Å²) in [6, 6.07) is 2.77. The van der Waals surface area contributed by atoms with Crippen LogP contribution in [0.2, 0.25) is 15.1 Å². The van der Waals surface area contributed by atoms with E-state index in [2.05, 4.69) is 0 Å². The maximum atomic E-state index is 11.6. The molecule has 0 aliphatic carbocycles. The second-order valence-corrected chi connectivity index (χ2v) is 5.47. The Kier molecular flexibility index (Phi) is 7.86. The third-order valence-corrected chi connectivity index (χ3v) is 3.45. The number of benzene rings is 1. The van der Waals surface area contributed by atoms with Crippen LogP contribution in [-0.4, -0.2) is 18.5 Å². The van der Waals surface area contributed by atoms with Gasteiger partial charge in [-0.1, -0.05) is 41.7 Å². The highest BCUT2D eigenvalue weighted by Gasteiger charge is 2.12. The van der Waals surface area contributed by atoms with Crippen molar-refractivity contribution in [3.63, 3.8) is 0 Å². The van der Waals surface area contributed by atoms with Gasteiger partial charge < -0.3 is 9.47 Å². The van der Waals surface area contributed by atoms with Crippen molar-refractivity contribution < 1.29 is 19.1 Å². The van der Waals surface area contributed by atoms with Crippen LogP contribution in [0.5, 0.6) is 5.75 Å². The third kappa shape index (κ3) is 6.55. The van der Waals surface area contributed by atoms with Crippen LogP contribution >= 0.6 is 34.8 Å². The molecular formula is C14H15Cl3O4. The van der Waals surface area contributed by atoms with Crippen LogP contribution in [0.4, 0.5) is 0 Å². The molecule has 0 saturated heterocycles. The Labute approximate surface area is 138 Å². The Balaban J connectivity index is 2.41. The number of esters is 2. The molecule has 0 aliphatic heterocycles. The molecule has 0 aliphatic rings. The zero-order valence-electron chi connectivity index (χ0n) is 11.5. The summed E-state index contributed by atoms with van der Waals surface area (Å²) in [5.41, 5.74) is 0. The molecule has 0 saturated carbocycles. The van der Waals surface area contributed by atoms with Crippen molar-refractivity contribution in [2.24, 2.45) is 0 Å². The number of carbonyl (C=O) groups is 2. The molecule has 1 aromatic carbocycles. The molecule has 0 radical (unpaired) electrons. The van der Waals surface area contributed by atoms with Crippen LogP contribution in [0.3, 0.4) is 0 Å². The normalized spacial score (nSPS) is 10.3. The highest BCUT2D eigenvalue weighted by molar-refractivity contribution is 6.43. The number of hydrogen-bond acceptors (Lipinski definition) is 4. The monoisotopic (exact) mass is 352 g/mol. The van der Waals surface area contributed by atoms with Crippen molar-refractivity contribution in [3.8, 4) is 5.75 Å². The Morgan fingerprint density at radius 1 is 1.00 bits per heavy atom. The molecule has 0 spiro atoms. The molecule has 0 heterocycles. The maximum absolute atomic E-state index is 11.6. The predicted molar refractivity (Wildman–Crippen MR) is 82.2 cm³/mol. The summed E-state index contributed by atoms with van der Waals surface area (Å²) in [6.07, 6.45) is 1.37. The number of halogens is 3. The van der Waals surface area contributed by atoms with Gasteiger partial charge in [-0.15, -0.1) is 0 Å². The maximum Gasteiger partial charge on any atom is 0.311 e. The Hall–Kier alpha value is -0.970. The first-order valence-corrected chi connectivity index (χ1v) is 7.58. The molecule has 4 nitrogen and oxygen atoms in total. The van der Waals surface area contributed by atoms with E-state index in [0.29, 0.717) is 13.0 Å². The Morgan fingerprint density at radius 3 is 2.29 bits per heavy atom. The zero-order chi connectivity index (χ0) is 15.8. The average molecular weight is 354 g/mol. The lowest BCUT2D eigenvalue weighted by Gasteiger charge is -2.07. The summed E-state index contributed by atoms with van der Waals surface area (Å²) >= 11 is 17.5. The van der Waals surface area contributed by atoms with Gasteiger partial charge in [0.25, 0.3) is 0 Å². The molecule has 21 heavy (non-hydrogen) atoms. The molecule has 0 bridgehead atoms. The van der Waals surface area contributed by atoms with E-state index in [1.54, 1.807) is 0 Å². The fourth-order valence-corrected chi connectivity index (χ4v) is 2.00. The van der Waals surface area contributed by atoms with Crippen LogP contribution in [0.25, 0.3) is 0 Å². The summed E-state index contributed by atoms with van der Waals surface area (Å²) in [6.45, 7) is 2.30. The summed E-state index contributed by atoms with van der Waals surface area (Å²) in [7, 11) is 0. The van der Waals surface area contributed by atoms with Gasteiger partial charge >= 0.3 is 11.9 Å². The molecule has 7 heteroatoms. The van der Waals surface area contributed by atoms with E-state index in [4.69, 9.17) is 44.3 Å². The quantitative estimate of drug-likeness (QED) is 0.406. The molecule has 1 rings (SSSR count). The van der Waals surface area contributed by atoms with Crippen LogP contribution < -0.4 is 4.74 Å². The van der Waals surface area contributed by atoms with Crippen molar-refractivity contribution >= 4 is 46.7 Å². The van der Waals surface area contributed by atoms with Crippen molar-refractivity contribution in [1.29, 1.82) is 0 Å². The van der Waals surface area contributed by atoms with Gasteiger partial charge in [-0.3, -0.25) is 9.59 Å². The number of carbonyl (C=O) groups excluding carboxylic acids is 2. The first-order valence-electron chi connectivity index (χ1n) is 6.45. The van der Waals surface area contributed by atoms with Crippen LogP contribution in [0.15, 0.2) is 12.1 Å². The van der Waals surface area contributed by atoms with Gasteiger partial charge in [0.05, 0.1) is 21.7 Å². The lowest BCUT2D eigenvalue weighted by molar-refractivity contribution is -0.144. The van der Waals surface area contributed by atoms with E-state index < -0.39 is 5.97 Å². The van der Waals surface area contributed by atoms with Crippen LogP contribution in [0.1, 0.15) is 32.6 Å². The lowest BCUT2D eigenvalue weighted by atomic mass is 10.2. The predicted octanol–water partition coefficient (Wildman–Crippen LogP) is 4.68. The molecule has 0 amide bonds. The van der Waals surface area contributed by atoms with Crippen molar-refractivity contribution in [2.45, 2.75) is 32.6 Å². The summed E-state index contributed by atoms with van der Waals surface area (Å²) in [4.78, 5) is 22.9. The molecule has 0 unspecified atom stereocenters. The van der Waals surface area contributed by atoms with E-state index >= 15 is 0 Å². The van der Waals surface area contributed by atoms with Gasteiger partial charge in [0.15, 0.2) is 5.75 Å². The fraction of sp³-hybridized carbons (Fsp3) is 0.429. The van der Waals surface area contributed by atoms with Gasteiger partial charge in [0.2, 0.25) is 0 Å². The standard InChI is InChI=1S/C14H15Cl3O4/c1-2-6-20-13(18)4-3-5-14(19)21-12-8-10(16)9(15)7-11(12)17/h7-8H,2-6H2,1H3. The van der Waals surface area contributed by atoms with E-state index in [-0.39, 0.29) is 39.6 Å². The van der Waals surface area contributed by atoms with E-state index in [0.717, 1.165) is 6.42 Å². The molecule has 0 atom stereocenters. The highest BCUT2D eigenvalue weighted by atomic mass is 35.5.